The van der Waals surface area contributed by atoms with Crippen LogP contribution in [-0.4, -0.2) is 36.0 Å². The van der Waals surface area contributed by atoms with Crippen LogP contribution < -0.4 is 5.32 Å². The third-order valence-electron chi connectivity index (χ3n) is 4.11. The molecule has 1 aromatic rings. The van der Waals surface area contributed by atoms with Crippen molar-refractivity contribution in [3.63, 3.8) is 0 Å². The summed E-state index contributed by atoms with van der Waals surface area (Å²) in [5, 5.41) is 14.3. The number of nitro groups is 1. The normalized spacial score (nSPS) is 21.0. The summed E-state index contributed by atoms with van der Waals surface area (Å²) in [6.07, 6.45) is 1.24. The van der Waals surface area contributed by atoms with E-state index in [1.807, 2.05) is 6.07 Å². The second kappa shape index (κ2) is 6.81. The lowest BCUT2D eigenvalue weighted by Crippen LogP contribution is -2.28. The smallest absolute Gasteiger partial charge is 0.269 e. The lowest BCUT2D eigenvalue weighted by molar-refractivity contribution is -0.384. The van der Waals surface area contributed by atoms with Crippen molar-refractivity contribution < 1.29 is 4.92 Å². The number of hydrogen-bond acceptors (Lipinski definition) is 4. The first kappa shape index (κ1) is 14.9. The number of likely N-dealkylation sites (tertiary alicyclic amines) is 1. The number of nitrogens with one attached hydrogen (secondary N) is 1. The molecule has 20 heavy (non-hydrogen) atoms. The first-order valence-corrected chi connectivity index (χ1v) is 7.30. The molecule has 2 unspecified atom stereocenters. The molecule has 1 N–H and O–H groups in total. The van der Waals surface area contributed by atoms with Crippen molar-refractivity contribution in [3.8, 4) is 0 Å². The van der Waals surface area contributed by atoms with Gasteiger partial charge in [-0.05, 0) is 44.5 Å². The van der Waals surface area contributed by atoms with E-state index in [0.29, 0.717) is 5.92 Å². The summed E-state index contributed by atoms with van der Waals surface area (Å²) in [4.78, 5) is 12.9. The molecule has 0 saturated carbocycles. The van der Waals surface area contributed by atoms with Crippen molar-refractivity contribution >= 4 is 5.69 Å². The molecule has 0 spiro atoms. The zero-order valence-electron chi connectivity index (χ0n) is 12.2. The standard InChI is InChI=1S/C15H23N3O2/c1-3-17-8-7-13(11-17)10-16-12(2)14-5-4-6-15(9-14)18(19)20/h4-6,9,12-13,16H,3,7-8,10-11H2,1-2H3. The first-order chi connectivity index (χ1) is 9.60. The summed E-state index contributed by atoms with van der Waals surface area (Å²) >= 11 is 0. The van der Waals surface area contributed by atoms with Crippen molar-refractivity contribution in [1.29, 1.82) is 0 Å². The van der Waals surface area contributed by atoms with E-state index in [-0.39, 0.29) is 16.7 Å². The second-order valence-corrected chi connectivity index (χ2v) is 5.53. The number of nitrogens with zero attached hydrogens (tertiary/aromatic N) is 2. The Balaban J connectivity index is 1.87. The second-order valence-electron chi connectivity index (χ2n) is 5.53. The molecule has 2 rings (SSSR count). The van der Waals surface area contributed by atoms with E-state index >= 15 is 0 Å². The van der Waals surface area contributed by atoms with Crippen LogP contribution in [0.2, 0.25) is 0 Å². The molecule has 0 amide bonds. The van der Waals surface area contributed by atoms with Crippen LogP contribution in [-0.2, 0) is 0 Å². The van der Waals surface area contributed by atoms with Crippen LogP contribution in [0.15, 0.2) is 24.3 Å². The molecule has 0 aliphatic carbocycles. The number of non-ortho nitro benzene ring substituents is 1. The van der Waals surface area contributed by atoms with Gasteiger partial charge in [-0.25, -0.2) is 0 Å². The van der Waals surface area contributed by atoms with Gasteiger partial charge in [0.25, 0.3) is 5.69 Å². The molecule has 1 aromatic carbocycles. The summed E-state index contributed by atoms with van der Waals surface area (Å²) in [7, 11) is 0. The first-order valence-electron chi connectivity index (χ1n) is 7.30. The maximum Gasteiger partial charge on any atom is 0.269 e. The van der Waals surface area contributed by atoms with E-state index in [0.717, 1.165) is 25.2 Å². The van der Waals surface area contributed by atoms with Crippen LogP contribution in [0.5, 0.6) is 0 Å². The third-order valence-corrected chi connectivity index (χ3v) is 4.11. The van der Waals surface area contributed by atoms with E-state index in [4.69, 9.17) is 0 Å². The zero-order chi connectivity index (χ0) is 14.5. The number of nitro benzene ring substituents is 1. The van der Waals surface area contributed by atoms with E-state index in [2.05, 4.69) is 24.1 Å². The molecule has 5 heteroatoms. The van der Waals surface area contributed by atoms with Crippen LogP contribution in [0.4, 0.5) is 5.69 Å². The third kappa shape index (κ3) is 3.77. The van der Waals surface area contributed by atoms with E-state index in [1.165, 1.54) is 19.0 Å². The zero-order valence-corrected chi connectivity index (χ0v) is 12.2. The Morgan fingerprint density at radius 1 is 1.55 bits per heavy atom. The van der Waals surface area contributed by atoms with Gasteiger partial charge in [0.15, 0.2) is 0 Å². The van der Waals surface area contributed by atoms with Gasteiger partial charge in [-0.2, -0.15) is 0 Å². The van der Waals surface area contributed by atoms with Crippen LogP contribution in [0.1, 0.15) is 31.9 Å². The van der Waals surface area contributed by atoms with Crippen molar-refractivity contribution in [1.82, 2.24) is 10.2 Å². The monoisotopic (exact) mass is 277 g/mol. The average molecular weight is 277 g/mol. The van der Waals surface area contributed by atoms with Crippen molar-refractivity contribution in [2.24, 2.45) is 5.92 Å². The van der Waals surface area contributed by atoms with Gasteiger partial charge in [-0.1, -0.05) is 19.1 Å². The highest BCUT2D eigenvalue weighted by Gasteiger charge is 2.21. The lowest BCUT2D eigenvalue weighted by atomic mass is 10.1. The highest BCUT2D eigenvalue weighted by Crippen LogP contribution is 2.20. The van der Waals surface area contributed by atoms with Gasteiger partial charge < -0.3 is 10.2 Å². The fourth-order valence-corrected chi connectivity index (χ4v) is 2.74. The molecule has 0 bridgehead atoms. The Labute approximate surface area is 120 Å². The van der Waals surface area contributed by atoms with Gasteiger partial charge in [0.1, 0.15) is 0 Å². The predicted octanol–water partition coefficient (Wildman–Crippen LogP) is 2.59. The minimum Gasteiger partial charge on any atom is -0.310 e. The lowest BCUT2D eigenvalue weighted by Gasteiger charge is -2.18. The average Bonchev–Trinajstić information content (AvgIpc) is 2.93. The Hall–Kier alpha value is -1.46. The minimum absolute atomic E-state index is 0.144. The molecule has 1 saturated heterocycles. The number of rotatable bonds is 6. The van der Waals surface area contributed by atoms with E-state index < -0.39 is 0 Å². The Kier molecular flexibility index (Phi) is 5.09. The topological polar surface area (TPSA) is 58.4 Å². The molecule has 2 atom stereocenters. The van der Waals surface area contributed by atoms with Gasteiger partial charge in [0, 0.05) is 24.7 Å². The van der Waals surface area contributed by atoms with Gasteiger partial charge in [0.2, 0.25) is 0 Å². The van der Waals surface area contributed by atoms with Gasteiger partial charge in [0.05, 0.1) is 4.92 Å². The summed E-state index contributed by atoms with van der Waals surface area (Å²) in [6.45, 7) is 8.70. The van der Waals surface area contributed by atoms with Gasteiger partial charge in [-0.3, -0.25) is 10.1 Å². The van der Waals surface area contributed by atoms with Crippen molar-refractivity contribution in [2.75, 3.05) is 26.2 Å². The molecule has 110 valence electrons. The van der Waals surface area contributed by atoms with Crippen LogP contribution in [0, 0.1) is 16.0 Å². The fraction of sp³-hybridized carbons (Fsp3) is 0.600. The number of benzene rings is 1. The molecule has 0 radical (unpaired) electrons. The SMILES string of the molecule is CCN1CCC(CNC(C)c2cccc([N+](=O)[O-])c2)C1. The molecule has 1 aliphatic rings. The van der Waals surface area contributed by atoms with E-state index in [9.17, 15) is 10.1 Å². The molecule has 1 fully saturated rings. The van der Waals surface area contributed by atoms with Crippen LogP contribution in [0.3, 0.4) is 0 Å². The molecule has 1 aliphatic heterocycles. The Bertz CT molecular complexity index is 464. The van der Waals surface area contributed by atoms with Crippen molar-refractivity contribution in [2.45, 2.75) is 26.3 Å². The minimum atomic E-state index is -0.341. The van der Waals surface area contributed by atoms with Gasteiger partial charge in [-0.15, -0.1) is 0 Å². The molecular formula is C15H23N3O2. The maximum absolute atomic E-state index is 10.8. The molecular weight excluding hydrogens is 254 g/mol. The molecule has 1 heterocycles. The molecule has 0 aromatic heterocycles. The quantitative estimate of drug-likeness (QED) is 0.641. The van der Waals surface area contributed by atoms with E-state index in [1.54, 1.807) is 12.1 Å². The summed E-state index contributed by atoms with van der Waals surface area (Å²) < 4.78 is 0. The molecule has 5 nitrogen and oxygen atoms in total. The Morgan fingerprint density at radius 3 is 3.00 bits per heavy atom. The Morgan fingerprint density at radius 2 is 2.35 bits per heavy atom. The summed E-state index contributed by atoms with van der Waals surface area (Å²) in [5.74, 6) is 0.691. The largest absolute Gasteiger partial charge is 0.310 e. The van der Waals surface area contributed by atoms with Crippen LogP contribution in [0.25, 0.3) is 0 Å². The highest BCUT2D eigenvalue weighted by atomic mass is 16.6. The fourth-order valence-electron chi connectivity index (χ4n) is 2.74. The highest BCUT2D eigenvalue weighted by molar-refractivity contribution is 5.35. The van der Waals surface area contributed by atoms with Crippen LogP contribution >= 0.6 is 0 Å². The van der Waals surface area contributed by atoms with Crippen molar-refractivity contribution in [3.05, 3.63) is 39.9 Å². The maximum atomic E-state index is 10.8. The summed E-state index contributed by atoms with van der Waals surface area (Å²) in [5.41, 5.74) is 1.14. The van der Waals surface area contributed by atoms with Gasteiger partial charge >= 0.3 is 0 Å². The number of hydrogen-bond donors (Lipinski definition) is 1. The predicted molar refractivity (Wildman–Crippen MR) is 79.7 cm³/mol. The summed E-state index contributed by atoms with van der Waals surface area (Å²) in [6, 6.07) is 7.03.